The monoisotopic (exact) mass is 379 g/mol. The molecule has 0 atom stereocenters. The fraction of sp³-hybridized carbons (Fsp3) is 0.571. The van der Waals surface area contributed by atoms with E-state index in [0.29, 0.717) is 23.2 Å². The van der Waals surface area contributed by atoms with Crippen LogP contribution in [0.3, 0.4) is 0 Å². The van der Waals surface area contributed by atoms with Gasteiger partial charge in [0.2, 0.25) is 10.0 Å². The summed E-state index contributed by atoms with van der Waals surface area (Å²) < 4.78 is 32.7. The lowest BCUT2D eigenvalue weighted by molar-refractivity contribution is 0.0762. The third kappa shape index (κ3) is 6.44. The largest absolute Gasteiger partial charge is 0.392 e. The van der Waals surface area contributed by atoms with E-state index in [1.165, 1.54) is 6.07 Å². The molecule has 0 fully saturated rings. The Morgan fingerprint density at radius 2 is 2.05 bits per heavy atom. The number of rotatable bonds is 9. The van der Waals surface area contributed by atoms with Crippen molar-refractivity contribution in [3.8, 4) is 0 Å². The number of sulfonamides is 1. The summed E-state index contributed by atoms with van der Waals surface area (Å²) in [4.78, 5) is 0.179. The van der Waals surface area contributed by atoms with Crippen molar-refractivity contribution in [1.82, 2.24) is 4.72 Å². The van der Waals surface area contributed by atoms with E-state index in [9.17, 15) is 8.42 Å². The zero-order valence-corrected chi connectivity index (χ0v) is 14.7. The molecule has 1 aromatic carbocycles. The molecule has 5 nitrogen and oxygen atoms in total. The fourth-order valence-corrected chi connectivity index (χ4v) is 3.89. The predicted octanol–water partition coefficient (Wildman–Crippen LogP) is 2.42. The third-order valence-corrected chi connectivity index (χ3v) is 5.22. The van der Waals surface area contributed by atoms with Gasteiger partial charge in [0.1, 0.15) is 0 Å². The van der Waals surface area contributed by atoms with E-state index in [1.807, 2.05) is 13.8 Å². The summed E-state index contributed by atoms with van der Waals surface area (Å²) in [5.74, 6) is 0. The van der Waals surface area contributed by atoms with Crippen molar-refractivity contribution in [2.45, 2.75) is 44.3 Å². The Labute approximate surface area is 134 Å². The minimum Gasteiger partial charge on any atom is -0.392 e. The van der Waals surface area contributed by atoms with Gasteiger partial charge in [-0.15, -0.1) is 0 Å². The maximum absolute atomic E-state index is 12.2. The van der Waals surface area contributed by atoms with Crippen molar-refractivity contribution >= 4 is 26.0 Å². The number of halogens is 1. The highest BCUT2D eigenvalue weighted by atomic mass is 79.9. The summed E-state index contributed by atoms with van der Waals surface area (Å²) in [6.07, 6.45) is 1.73. The fourth-order valence-electron chi connectivity index (χ4n) is 1.69. The molecule has 7 heteroatoms. The van der Waals surface area contributed by atoms with Crippen LogP contribution < -0.4 is 4.72 Å². The first-order valence-electron chi connectivity index (χ1n) is 6.87. The van der Waals surface area contributed by atoms with Gasteiger partial charge in [0.05, 0.1) is 17.6 Å². The summed E-state index contributed by atoms with van der Waals surface area (Å²) in [5.41, 5.74) is 0.659. The molecule has 0 aliphatic carbocycles. The standard InChI is InChI=1S/C14H22BrNO4S/c1-11(2)20-8-4-3-7-16-21(18,19)14-6-5-12(10-17)9-13(14)15/h5-6,9,11,16-17H,3-4,7-8,10H2,1-2H3. The topological polar surface area (TPSA) is 75.6 Å². The van der Waals surface area contributed by atoms with Gasteiger partial charge in [0.25, 0.3) is 0 Å². The Balaban J connectivity index is 2.50. The van der Waals surface area contributed by atoms with E-state index in [-0.39, 0.29) is 17.6 Å². The molecule has 2 N–H and O–H groups in total. The zero-order chi connectivity index (χ0) is 15.9. The Hall–Kier alpha value is -0.470. The average Bonchev–Trinajstić information content (AvgIpc) is 2.41. The van der Waals surface area contributed by atoms with Crippen molar-refractivity contribution in [2.75, 3.05) is 13.2 Å². The van der Waals surface area contributed by atoms with Gasteiger partial charge in [0.15, 0.2) is 0 Å². The molecule has 120 valence electrons. The van der Waals surface area contributed by atoms with E-state index in [0.717, 1.165) is 12.8 Å². The molecular weight excluding hydrogens is 358 g/mol. The van der Waals surface area contributed by atoms with E-state index in [4.69, 9.17) is 9.84 Å². The molecule has 0 aliphatic heterocycles. The van der Waals surface area contributed by atoms with Crippen LogP contribution in [-0.2, 0) is 21.4 Å². The molecule has 0 aliphatic rings. The van der Waals surface area contributed by atoms with Gasteiger partial charge in [-0.1, -0.05) is 6.07 Å². The van der Waals surface area contributed by atoms with Crippen LogP contribution in [0.1, 0.15) is 32.3 Å². The van der Waals surface area contributed by atoms with Crippen LogP contribution in [0.2, 0.25) is 0 Å². The summed E-state index contributed by atoms with van der Waals surface area (Å²) in [6, 6.07) is 4.68. The number of aliphatic hydroxyl groups excluding tert-OH is 1. The van der Waals surface area contributed by atoms with Crippen LogP contribution in [0.5, 0.6) is 0 Å². The lowest BCUT2D eigenvalue weighted by Gasteiger charge is -2.10. The van der Waals surface area contributed by atoms with E-state index >= 15 is 0 Å². The second-order valence-electron chi connectivity index (χ2n) is 4.95. The molecule has 0 unspecified atom stereocenters. The lowest BCUT2D eigenvalue weighted by Crippen LogP contribution is -2.25. The number of nitrogens with one attached hydrogen (secondary N) is 1. The highest BCUT2D eigenvalue weighted by Gasteiger charge is 2.17. The van der Waals surface area contributed by atoms with Gasteiger partial charge in [0, 0.05) is 17.6 Å². The van der Waals surface area contributed by atoms with Gasteiger partial charge >= 0.3 is 0 Å². The van der Waals surface area contributed by atoms with Crippen molar-refractivity contribution in [2.24, 2.45) is 0 Å². The number of hydrogen-bond donors (Lipinski definition) is 2. The average molecular weight is 380 g/mol. The highest BCUT2D eigenvalue weighted by Crippen LogP contribution is 2.23. The molecule has 0 radical (unpaired) electrons. The van der Waals surface area contributed by atoms with Crippen LogP contribution in [0, 0.1) is 0 Å². The zero-order valence-electron chi connectivity index (χ0n) is 12.3. The summed E-state index contributed by atoms with van der Waals surface area (Å²) >= 11 is 3.22. The number of ether oxygens (including phenoxy) is 1. The van der Waals surface area contributed by atoms with Crippen LogP contribution in [0.4, 0.5) is 0 Å². The minimum atomic E-state index is -3.54. The summed E-state index contributed by atoms with van der Waals surface area (Å²) in [6.45, 7) is 4.82. The lowest BCUT2D eigenvalue weighted by atomic mass is 10.2. The SMILES string of the molecule is CC(C)OCCCCNS(=O)(=O)c1ccc(CO)cc1Br. The Bertz CT molecular complexity index is 546. The van der Waals surface area contributed by atoms with Crippen molar-refractivity contribution in [3.05, 3.63) is 28.2 Å². The van der Waals surface area contributed by atoms with Crippen molar-refractivity contribution in [1.29, 1.82) is 0 Å². The van der Waals surface area contributed by atoms with Gasteiger partial charge in [-0.25, -0.2) is 13.1 Å². The molecule has 0 saturated heterocycles. The molecule has 0 spiro atoms. The van der Waals surface area contributed by atoms with Gasteiger partial charge < -0.3 is 9.84 Å². The minimum absolute atomic E-state index is 0.123. The predicted molar refractivity (Wildman–Crippen MR) is 85.6 cm³/mol. The maximum Gasteiger partial charge on any atom is 0.241 e. The molecule has 0 aromatic heterocycles. The Kier molecular flexibility index (Phi) is 7.83. The van der Waals surface area contributed by atoms with Crippen molar-refractivity contribution < 1.29 is 18.3 Å². The third-order valence-electron chi connectivity index (χ3n) is 2.78. The quantitative estimate of drug-likeness (QED) is 0.646. The maximum atomic E-state index is 12.2. The molecule has 21 heavy (non-hydrogen) atoms. The molecule has 0 heterocycles. The van der Waals surface area contributed by atoms with E-state index in [1.54, 1.807) is 12.1 Å². The normalized spacial score (nSPS) is 12.0. The highest BCUT2D eigenvalue weighted by molar-refractivity contribution is 9.10. The van der Waals surface area contributed by atoms with Crippen LogP contribution in [-0.4, -0.2) is 32.8 Å². The van der Waals surface area contributed by atoms with Crippen LogP contribution >= 0.6 is 15.9 Å². The Morgan fingerprint density at radius 1 is 1.33 bits per heavy atom. The summed E-state index contributed by atoms with van der Waals surface area (Å²) in [7, 11) is -3.54. The molecule has 1 rings (SSSR count). The number of hydrogen-bond acceptors (Lipinski definition) is 4. The van der Waals surface area contributed by atoms with Crippen LogP contribution in [0.25, 0.3) is 0 Å². The van der Waals surface area contributed by atoms with E-state index < -0.39 is 10.0 Å². The van der Waals surface area contributed by atoms with Crippen molar-refractivity contribution in [3.63, 3.8) is 0 Å². The number of unbranched alkanes of at least 4 members (excludes halogenated alkanes) is 1. The molecule has 0 amide bonds. The first kappa shape index (κ1) is 18.6. The Morgan fingerprint density at radius 3 is 2.62 bits per heavy atom. The molecule has 0 bridgehead atoms. The molecule has 1 aromatic rings. The van der Waals surface area contributed by atoms with Gasteiger partial charge in [-0.05, 0) is 60.3 Å². The molecule has 0 saturated carbocycles. The molecular formula is C14H22BrNO4S. The second kappa shape index (κ2) is 8.85. The van der Waals surface area contributed by atoms with Gasteiger partial charge in [-0.3, -0.25) is 0 Å². The van der Waals surface area contributed by atoms with Gasteiger partial charge in [-0.2, -0.15) is 0 Å². The smallest absolute Gasteiger partial charge is 0.241 e. The number of benzene rings is 1. The van der Waals surface area contributed by atoms with Crippen LogP contribution in [0.15, 0.2) is 27.6 Å². The number of aliphatic hydroxyl groups is 1. The summed E-state index contributed by atoms with van der Waals surface area (Å²) in [5, 5.41) is 9.02. The first-order valence-corrected chi connectivity index (χ1v) is 9.15. The second-order valence-corrected chi connectivity index (χ2v) is 7.54. The first-order chi connectivity index (χ1) is 9.86. The van der Waals surface area contributed by atoms with E-state index in [2.05, 4.69) is 20.7 Å².